The number of nitrogens with zero attached hydrogens (tertiary/aromatic N) is 3. The molecule has 66 heavy (non-hydrogen) atoms. The van der Waals surface area contributed by atoms with Crippen LogP contribution >= 0.6 is 0 Å². The largest absolute Gasteiger partial charge is 0.454 e. The van der Waals surface area contributed by atoms with Crippen molar-refractivity contribution in [1.29, 1.82) is 15.8 Å². The van der Waals surface area contributed by atoms with E-state index in [-0.39, 0.29) is 16.2 Å². The van der Waals surface area contributed by atoms with Gasteiger partial charge in [-0.1, -0.05) is 0 Å². The highest BCUT2D eigenvalue weighted by Gasteiger charge is 2.62. The number of benzene rings is 4. The molecule has 0 radical (unpaired) electrons. The Bertz CT molecular complexity index is 2410. The maximum Gasteiger partial charge on any atom is 0.150 e. The third kappa shape index (κ3) is 6.26. The number of hydrogen-bond acceptors (Lipinski definition) is 9. The summed E-state index contributed by atoms with van der Waals surface area (Å²) in [6.07, 6.45) is 21.1. The first-order valence-corrected chi connectivity index (χ1v) is 25.2. The number of nitrogens with two attached hydrogens (primary N) is 3. The van der Waals surface area contributed by atoms with Crippen molar-refractivity contribution in [3.8, 4) is 52.7 Å². The fraction of sp³-hybridized carbons (Fsp3) is 0.526. The molecule has 0 unspecified atom stereocenters. The molecule has 336 valence electrons. The molecule has 12 fully saturated rings. The third-order valence-corrected chi connectivity index (χ3v) is 19.1. The van der Waals surface area contributed by atoms with Crippen LogP contribution in [0.5, 0.6) is 34.5 Å². The fourth-order valence-electron chi connectivity index (χ4n) is 18.1. The summed E-state index contributed by atoms with van der Waals surface area (Å²) in [5.41, 5.74) is 26.5. The van der Waals surface area contributed by atoms with Crippen LogP contribution in [0.4, 0.5) is 17.1 Å². The fourth-order valence-corrected chi connectivity index (χ4v) is 18.1. The lowest BCUT2D eigenvalue weighted by molar-refractivity contribution is -0.0152. The Morgan fingerprint density at radius 3 is 0.758 bits per heavy atom. The highest BCUT2D eigenvalue weighted by Crippen LogP contribution is 2.73. The van der Waals surface area contributed by atoms with Gasteiger partial charge in [0.05, 0.1) is 52.0 Å². The number of hydrogen-bond donors (Lipinski definition) is 3. The summed E-state index contributed by atoms with van der Waals surface area (Å²) in [5.74, 6) is 9.67. The molecular formula is C57H60N6O3. The van der Waals surface area contributed by atoms with E-state index in [1.165, 1.54) is 74.5 Å². The number of nitriles is 3. The van der Waals surface area contributed by atoms with Crippen LogP contribution in [0.1, 0.15) is 149 Å². The second kappa shape index (κ2) is 14.6. The van der Waals surface area contributed by atoms with Gasteiger partial charge in [0.2, 0.25) is 0 Å². The molecule has 4 aromatic rings. The third-order valence-electron chi connectivity index (χ3n) is 19.1. The molecule has 0 atom stereocenters. The van der Waals surface area contributed by atoms with Crippen molar-refractivity contribution >= 4 is 17.1 Å². The molecule has 12 saturated carbocycles. The van der Waals surface area contributed by atoms with E-state index in [0.29, 0.717) is 104 Å². The van der Waals surface area contributed by atoms with E-state index < -0.39 is 0 Å². The molecule has 12 aliphatic carbocycles. The molecule has 0 amide bonds. The zero-order valence-electron chi connectivity index (χ0n) is 37.9. The van der Waals surface area contributed by atoms with Crippen LogP contribution < -0.4 is 31.4 Å². The number of ether oxygens (including phenoxy) is 3. The minimum Gasteiger partial charge on any atom is -0.454 e. The van der Waals surface area contributed by atoms with Gasteiger partial charge in [-0.05, 0) is 223 Å². The zero-order chi connectivity index (χ0) is 44.7. The van der Waals surface area contributed by atoms with Gasteiger partial charge in [0.25, 0.3) is 0 Å². The molecule has 0 heterocycles. The Kier molecular flexibility index (Phi) is 8.93. The Morgan fingerprint density at radius 1 is 0.364 bits per heavy atom. The molecule has 12 aliphatic rings. The highest BCUT2D eigenvalue weighted by molar-refractivity contribution is 5.74. The van der Waals surface area contributed by atoms with Gasteiger partial charge in [-0.25, -0.2) is 0 Å². The Balaban J connectivity index is 1.19. The molecule has 0 saturated heterocycles. The van der Waals surface area contributed by atoms with Gasteiger partial charge in [-0.3, -0.25) is 0 Å². The van der Waals surface area contributed by atoms with E-state index >= 15 is 0 Å². The summed E-state index contributed by atoms with van der Waals surface area (Å²) < 4.78 is 23.3. The van der Waals surface area contributed by atoms with Crippen LogP contribution in [0.15, 0.2) is 54.6 Å². The highest BCUT2D eigenvalue weighted by atomic mass is 16.5. The Hall–Kier alpha value is -5.85. The number of nitrogen functional groups attached to an aromatic ring is 3. The van der Waals surface area contributed by atoms with E-state index in [4.69, 9.17) is 31.4 Å². The Labute approximate surface area is 388 Å². The molecule has 9 heteroatoms. The lowest BCUT2D eigenvalue weighted by Gasteiger charge is -2.61. The molecule has 0 spiro atoms. The summed E-state index contributed by atoms with van der Waals surface area (Å²) in [6.45, 7) is 0. The predicted octanol–water partition coefficient (Wildman–Crippen LogP) is 12.8. The minimum atomic E-state index is -0.234. The predicted molar refractivity (Wildman–Crippen MR) is 253 cm³/mol. The Morgan fingerprint density at radius 2 is 0.576 bits per heavy atom. The quantitative estimate of drug-likeness (QED) is 0.138. The number of rotatable bonds is 9. The van der Waals surface area contributed by atoms with Crippen LogP contribution in [0.2, 0.25) is 0 Å². The van der Waals surface area contributed by atoms with Crippen molar-refractivity contribution in [1.82, 2.24) is 0 Å². The summed E-state index contributed by atoms with van der Waals surface area (Å²) in [6, 6.07) is 23.2. The molecule has 0 aliphatic heterocycles. The molecular weight excluding hydrogens is 817 g/mol. The molecule has 12 bridgehead atoms. The summed E-state index contributed by atoms with van der Waals surface area (Å²) >= 11 is 0. The lowest BCUT2D eigenvalue weighted by atomic mass is 9.44. The number of anilines is 3. The maximum atomic E-state index is 10.00. The van der Waals surface area contributed by atoms with Gasteiger partial charge in [0.1, 0.15) is 34.5 Å². The van der Waals surface area contributed by atoms with E-state index in [9.17, 15) is 15.8 Å². The SMILES string of the molecule is N#Cc1ccc(Oc2c(C34CC5CC(CC(C5)C3)C4)c(Oc3ccc(C#N)cc3N)c(C34CC5CC(CC(C5)C3)C4)c(Oc3ccc(C#N)cc3N)c2C23CC4CC(CC(C4)C2)C3)c(N)c1. The first-order chi connectivity index (χ1) is 32.0. The van der Waals surface area contributed by atoms with Gasteiger partial charge < -0.3 is 31.4 Å². The van der Waals surface area contributed by atoms with Crippen molar-refractivity contribution in [3.63, 3.8) is 0 Å². The van der Waals surface area contributed by atoms with E-state index in [1.54, 1.807) is 18.2 Å². The van der Waals surface area contributed by atoms with Crippen molar-refractivity contribution < 1.29 is 14.2 Å². The van der Waals surface area contributed by atoms with Crippen LogP contribution in [-0.4, -0.2) is 0 Å². The smallest absolute Gasteiger partial charge is 0.150 e. The van der Waals surface area contributed by atoms with Gasteiger partial charge in [0, 0.05) is 32.9 Å². The van der Waals surface area contributed by atoms with Crippen LogP contribution in [-0.2, 0) is 16.2 Å². The van der Waals surface area contributed by atoms with E-state index in [1.807, 2.05) is 36.4 Å². The monoisotopic (exact) mass is 876 g/mol. The second-order valence-electron chi connectivity index (χ2n) is 23.6. The molecule has 6 N–H and O–H groups in total. The van der Waals surface area contributed by atoms with Gasteiger partial charge in [-0.2, -0.15) is 15.8 Å². The average Bonchev–Trinajstić information content (AvgIpc) is 3.26. The first-order valence-electron chi connectivity index (χ1n) is 25.2. The summed E-state index contributed by atoms with van der Waals surface area (Å²) in [4.78, 5) is 0. The molecule has 9 nitrogen and oxygen atoms in total. The van der Waals surface area contributed by atoms with Gasteiger partial charge in [0.15, 0.2) is 0 Å². The molecule has 16 rings (SSSR count). The van der Waals surface area contributed by atoms with Crippen molar-refractivity contribution in [2.24, 2.45) is 53.3 Å². The second-order valence-corrected chi connectivity index (χ2v) is 23.6. The van der Waals surface area contributed by atoms with Gasteiger partial charge in [-0.15, -0.1) is 0 Å². The topological polar surface area (TPSA) is 177 Å². The summed E-state index contributed by atoms with van der Waals surface area (Å²) in [7, 11) is 0. The van der Waals surface area contributed by atoms with Crippen LogP contribution in [0, 0.1) is 87.3 Å². The van der Waals surface area contributed by atoms with Crippen molar-refractivity contribution in [2.75, 3.05) is 17.2 Å². The maximum absolute atomic E-state index is 10.00. The van der Waals surface area contributed by atoms with Crippen molar-refractivity contribution in [3.05, 3.63) is 88.0 Å². The molecule has 4 aromatic carbocycles. The molecule has 0 aromatic heterocycles. The van der Waals surface area contributed by atoms with E-state index in [2.05, 4.69) is 18.2 Å². The van der Waals surface area contributed by atoms with Crippen LogP contribution in [0.25, 0.3) is 0 Å². The normalized spacial score (nSPS) is 35.9. The van der Waals surface area contributed by atoms with Crippen LogP contribution in [0.3, 0.4) is 0 Å². The lowest BCUT2D eigenvalue weighted by Crippen LogP contribution is -2.52. The standard InChI is InChI=1S/C57H60N6O3/c58-28-31-1-4-46(43(61)16-31)64-52-49(55-19-34-7-35(20-55)9-36(8-34)21-55)53(65-47-5-2-32(29-59)17-44(47)62)51(57-25-40-13-41(26-57)15-42(14-40)27-57)54(66-48-6-3-33(30-60)18-45(48)63)50(52)56-22-37-10-38(23-56)12-39(11-37)24-56/h1-6,16-18,34-42H,7-15,19-27,61-63H2. The van der Waals surface area contributed by atoms with E-state index in [0.717, 1.165) is 75.0 Å². The van der Waals surface area contributed by atoms with Crippen molar-refractivity contribution in [2.45, 2.75) is 132 Å². The van der Waals surface area contributed by atoms with Gasteiger partial charge >= 0.3 is 0 Å². The zero-order valence-corrected chi connectivity index (χ0v) is 37.9. The average molecular weight is 877 g/mol. The summed E-state index contributed by atoms with van der Waals surface area (Å²) in [5, 5.41) is 30.0. The minimum absolute atomic E-state index is 0.234. The first kappa shape index (κ1) is 40.4.